The fourth-order valence-electron chi connectivity index (χ4n) is 3.75. The molecule has 0 aliphatic carbocycles. The largest absolute Gasteiger partial charge is 0.354 e. The molecule has 29 heavy (non-hydrogen) atoms. The highest BCUT2D eigenvalue weighted by atomic mass is 32.2. The Balaban J connectivity index is 1.67. The maximum absolute atomic E-state index is 13.3. The maximum atomic E-state index is 13.3. The number of benzene rings is 2. The summed E-state index contributed by atoms with van der Waals surface area (Å²) in [6, 6.07) is 19.9. The standard InChI is InChI=1S/C22H28N2O3S2/c1-2-29(26,27)24-16-13-22(14-17-24,19-9-5-3-6-10-19)21(25)23-15-18-28-20-11-7-4-8-12-20/h3-12H,2,13-18H2,1H3,(H,23,25). The molecule has 1 aliphatic rings. The molecule has 1 saturated heterocycles. The van der Waals surface area contributed by atoms with Crippen LogP contribution in [0.2, 0.25) is 0 Å². The van der Waals surface area contributed by atoms with Gasteiger partial charge >= 0.3 is 0 Å². The van der Waals surface area contributed by atoms with Crippen molar-refractivity contribution in [3.05, 3.63) is 66.2 Å². The van der Waals surface area contributed by atoms with E-state index in [0.29, 0.717) is 32.5 Å². The fourth-order valence-corrected chi connectivity index (χ4v) is 5.65. The van der Waals surface area contributed by atoms with Crippen LogP contribution >= 0.6 is 11.8 Å². The van der Waals surface area contributed by atoms with Crippen LogP contribution in [0.3, 0.4) is 0 Å². The number of piperidine rings is 1. The Kier molecular flexibility index (Phi) is 7.38. The third kappa shape index (κ3) is 5.21. The Morgan fingerprint density at radius 1 is 1.03 bits per heavy atom. The van der Waals surface area contributed by atoms with Gasteiger partial charge < -0.3 is 5.32 Å². The minimum atomic E-state index is -3.23. The summed E-state index contributed by atoms with van der Waals surface area (Å²) >= 11 is 1.71. The highest BCUT2D eigenvalue weighted by molar-refractivity contribution is 7.99. The number of sulfonamides is 1. The van der Waals surface area contributed by atoms with E-state index in [1.54, 1.807) is 18.7 Å². The van der Waals surface area contributed by atoms with E-state index in [1.807, 2.05) is 48.5 Å². The zero-order chi connectivity index (χ0) is 20.7. The smallest absolute Gasteiger partial charge is 0.230 e. The number of hydrogen-bond acceptors (Lipinski definition) is 4. The topological polar surface area (TPSA) is 66.5 Å². The highest BCUT2D eigenvalue weighted by Gasteiger charge is 2.44. The molecule has 7 heteroatoms. The molecule has 0 radical (unpaired) electrons. The SMILES string of the molecule is CCS(=O)(=O)N1CCC(C(=O)NCCSc2ccccc2)(c2ccccc2)CC1. The second-order valence-electron chi connectivity index (χ2n) is 7.17. The van der Waals surface area contributed by atoms with Gasteiger partial charge in [-0.05, 0) is 37.5 Å². The number of hydrogen-bond donors (Lipinski definition) is 1. The predicted octanol–water partition coefficient (Wildman–Crippen LogP) is 3.28. The van der Waals surface area contributed by atoms with Crippen molar-refractivity contribution in [3.63, 3.8) is 0 Å². The zero-order valence-corrected chi connectivity index (χ0v) is 18.3. The molecule has 1 aliphatic heterocycles. The molecule has 1 N–H and O–H groups in total. The van der Waals surface area contributed by atoms with Gasteiger partial charge in [-0.25, -0.2) is 12.7 Å². The van der Waals surface area contributed by atoms with Crippen molar-refractivity contribution in [1.82, 2.24) is 9.62 Å². The lowest BCUT2D eigenvalue weighted by atomic mass is 9.72. The van der Waals surface area contributed by atoms with Crippen LogP contribution in [0.25, 0.3) is 0 Å². The number of nitrogens with one attached hydrogen (secondary N) is 1. The lowest BCUT2D eigenvalue weighted by Crippen LogP contribution is -2.53. The predicted molar refractivity (Wildman–Crippen MR) is 119 cm³/mol. The summed E-state index contributed by atoms with van der Waals surface area (Å²) in [5, 5.41) is 3.10. The molecule has 5 nitrogen and oxygen atoms in total. The number of thioether (sulfide) groups is 1. The van der Waals surface area contributed by atoms with Gasteiger partial charge in [-0.15, -0.1) is 11.8 Å². The van der Waals surface area contributed by atoms with Crippen LogP contribution in [-0.4, -0.2) is 49.8 Å². The van der Waals surface area contributed by atoms with Crippen LogP contribution in [-0.2, 0) is 20.2 Å². The van der Waals surface area contributed by atoms with E-state index >= 15 is 0 Å². The number of nitrogens with zero attached hydrogens (tertiary/aromatic N) is 1. The Morgan fingerprint density at radius 3 is 2.21 bits per heavy atom. The molecule has 0 bridgehead atoms. The number of carbonyl (C=O) groups excluding carboxylic acids is 1. The van der Waals surface area contributed by atoms with Gasteiger partial charge in [-0.2, -0.15) is 0 Å². The van der Waals surface area contributed by atoms with Crippen LogP contribution in [0.5, 0.6) is 0 Å². The number of carbonyl (C=O) groups is 1. The third-order valence-electron chi connectivity index (χ3n) is 5.49. The third-order valence-corrected chi connectivity index (χ3v) is 8.39. The first-order chi connectivity index (χ1) is 14.0. The van der Waals surface area contributed by atoms with Gasteiger partial charge in [-0.1, -0.05) is 48.5 Å². The van der Waals surface area contributed by atoms with Crippen LogP contribution in [0.4, 0.5) is 0 Å². The number of amides is 1. The molecular formula is C22H28N2O3S2. The monoisotopic (exact) mass is 432 g/mol. The van der Waals surface area contributed by atoms with Crippen molar-refractivity contribution in [2.75, 3.05) is 31.1 Å². The molecule has 1 fully saturated rings. The maximum Gasteiger partial charge on any atom is 0.230 e. The van der Waals surface area contributed by atoms with E-state index in [-0.39, 0.29) is 11.7 Å². The Hall–Kier alpha value is -1.83. The minimum Gasteiger partial charge on any atom is -0.354 e. The van der Waals surface area contributed by atoms with E-state index in [2.05, 4.69) is 17.4 Å². The van der Waals surface area contributed by atoms with Gasteiger partial charge in [0.05, 0.1) is 11.2 Å². The summed E-state index contributed by atoms with van der Waals surface area (Å²) in [7, 11) is -3.23. The Bertz CT molecular complexity index is 894. The van der Waals surface area contributed by atoms with Crippen molar-refractivity contribution in [1.29, 1.82) is 0 Å². The van der Waals surface area contributed by atoms with Crippen LogP contribution in [0, 0.1) is 0 Å². The molecule has 2 aromatic carbocycles. The van der Waals surface area contributed by atoms with Crippen LogP contribution in [0.15, 0.2) is 65.6 Å². The Labute approximate surface area is 177 Å². The first kappa shape index (κ1) is 21.9. The van der Waals surface area contributed by atoms with Gasteiger partial charge in [0.1, 0.15) is 0 Å². The Morgan fingerprint density at radius 2 is 1.62 bits per heavy atom. The number of rotatable bonds is 8. The van der Waals surface area contributed by atoms with E-state index < -0.39 is 15.4 Å². The van der Waals surface area contributed by atoms with E-state index in [1.165, 1.54) is 9.20 Å². The van der Waals surface area contributed by atoms with E-state index in [4.69, 9.17) is 0 Å². The average Bonchev–Trinajstić information content (AvgIpc) is 2.78. The summed E-state index contributed by atoms with van der Waals surface area (Å²) in [5.41, 5.74) is 0.278. The average molecular weight is 433 g/mol. The normalized spacial score (nSPS) is 17.0. The summed E-state index contributed by atoms with van der Waals surface area (Å²) < 4.78 is 26.0. The first-order valence-electron chi connectivity index (χ1n) is 9.97. The van der Waals surface area contributed by atoms with Crippen molar-refractivity contribution >= 4 is 27.7 Å². The molecule has 2 aromatic rings. The van der Waals surface area contributed by atoms with Gasteiger partial charge in [0, 0.05) is 30.3 Å². The molecule has 1 amide bonds. The van der Waals surface area contributed by atoms with Crippen molar-refractivity contribution in [3.8, 4) is 0 Å². The fraction of sp³-hybridized carbons (Fsp3) is 0.409. The minimum absolute atomic E-state index is 0.00842. The van der Waals surface area contributed by atoms with E-state index in [9.17, 15) is 13.2 Å². The highest BCUT2D eigenvalue weighted by Crippen LogP contribution is 2.36. The van der Waals surface area contributed by atoms with Gasteiger partial charge in [0.25, 0.3) is 0 Å². The molecule has 0 aromatic heterocycles. The molecule has 156 valence electrons. The van der Waals surface area contributed by atoms with Crippen molar-refractivity contribution in [2.24, 2.45) is 0 Å². The second-order valence-corrected chi connectivity index (χ2v) is 10.6. The molecule has 3 rings (SSSR count). The molecule has 0 unspecified atom stereocenters. The molecule has 0 spiro atoms. The van der Waals surface area contributed by atoms with Gasteiger partial charge in [0.15, 0.2) is 0 Å². The molecule has 1 heterocycles. The first-order valence-corrected chi connectivity index (χ1v) is 12.6. The lowest BCUT2D eigenvalue weighted by Gasteiger charge is -2.40. The summed E-state index contributed by atoms with van der Waals surface area (Å²) in [6.07, 6.45) is 0.988. The van der Waals surface area contributed by atoms with Gasteiger partial charge in [-0.3, -0.25) is 4.79 Å². The van der Waals surface area contributed by atoms with Crippen molar-refractivity contribution < 1.29 is 13.2 Å². The summed E-state index contributed by atoms with van der Waals surface area (Å²) in [4.78, 5) is 14.4. The van der Waals surface area contributed by atoms with Crippen molar-refractivity contribution in [2.45, 2.75) is 30.1 Å². The van der Waals surface area contributed by atoms with Crippen LogP contribution < -0.4 is 5.32 Å². The molecule has 0 atom stereocenters. The van der Waals surface area contributed by atoms with Gasteiger partial charge in [0.2, 0.25) is 15.9 Å². The quantitative estimate of drug-likeness (QED) is 0.514. The molecule has 0 saturated carbocycles. The van der Waals surface area contributed by atoms with E-state index in [0.717, 1.165) is 11.3 Å². The lowest BCUT2D eigenvalue weighted by molar-refractivity contribution is -0.128. The summed E-state index contributed by atoms with van der Waals surface area (Å²) in [5.74, 6) is 0.872. The molecular weight excluding hydrogens is 404 g/mol. The van der Waals surface area contributed by atoms with Crippen LogP contribution in [0.1, 0.15) is 25.3 Å². The zero-order valence-electron chi connectivity index (χ0n) is 16.7. The second kappa shape index (κ2) is 9.78. The summed E-state index contributed by atoms with van der Waals surface area (Å²) in [6.45, 7) is 2.98.